The molecule has 0 aliphatic rings. The quantitative estimate of drug-likeness (QED) is 0.0414. The summed E-state index contributed by atoms with van der Waals surface area (Å²) in [7, 11) is 0. The standard InChI is InChI=1S/C38H73NO4/c1-4-7-10-13-16-22-27-35-42-37(40)32-28-34-39-33-26-21-17-20-25-31-38(41)43-36(29-23-18-14-11-8-5-2)30-24-19-15-12-9-6-3/h34,36H,4-33,35H2,1-3H3. The second-order valence-electron chi connectivity index (χ2n) is 12.7. The lowest BCUT2D eigenvalue weighted by molar-refractivity contribution is -0.150. The molecule has 0 saturated heterocycles. The predicted octanol–water partition coefficient (Wildman–Crippen LogP) is 11.9. The molecule has 254 valence electrons. The van der Waals surface area contributed by atoms with Crippen LogP contribution in [0.25, 0.3) is 0 Å². The Balaban J connectivity index is 3.81. The largest absolute Gasteiger partial charge is 0.466 e. The topological polar surface area (TPSA) is 65.0 Å². The third kappa shape index (κ3) is 33.3. The van der Waals surface area contributed by atoms with Crippen LogP contribution in [0.3, 0.4) is 0 Å². The first-order chi connectivity index (χ1) is 21.1. The fourth-order valence-electron chi connectivity index (χ4n) is 5.50. The molecule has 5 heteroatoms. The molecule has 0 amide bonds. The summed E-state index contributed by atoms with van der Waals surface area (Å²) in [5.41, 5.74) is 0. The van der Waals surface area contributed by atoms with E-state index in [4.69, 9.17) is 9.47 Å². The number of hydrogen-bond acceptors (Lipinski definition) is 5. The number of ether oxygens (including phenoxy) is 2. The van der Waals surface area contributed by atoms with Gasteiger partial charge in [-0.05, 0) is 57.6 Å². The number of aliphatic imine (C=N–C) groups is 1. The van der Waals surface area contributed by atoms with Crippen LogP contribution < -0.4 is 0 Å². The third-order valence-electron chi connectivity index (χ3n) is 8.34. The van der Waals surface area contributed by atoms with E-state index in [0.29, 0.717) is 25.9 Å². The highest BCUT2D eigenvalue weighted by Crippen LogP contribution is 2.18. The van der Waals surface area contributed by atoms with Crippen molar-refractivity contribution in [2.24, 2.45) is 4.99 Å². The summed E-state index contributed by atoms with van der Waals surface area (Å²) < 4.78 is 11.3. The molecule has 0 atom stereocenters. The molecule has 0 heterocycles. The SMILES string of the molecule is CCCCCCCCCOC(=O)CCC=NCCCCCCCC(=O)OC(CCCCCCCC)CCCCCCCC. The van der Waals surface area contributed by atoms with Crippen molar-refractivity contribution in [3.63, 3.8) is 0 Å². The van der Waals surface area contributed by atoms with Crippen LogP contribution in [-0.4, -0.2) is 37.4 Å². The van der Waals surface area contributed by atoms with Gasteiger partial charge in [-0.25, -0.2) is 0 Å². The number of esters is 2. The van der Waals surface area contributed by atoms with E-state index in [2.05, 4.69) is 25.8 Å². The summed E-state index contributed by atoms with van der Waals surface area (Å²) in [5, 5.41) is 0. The lowest BCUT2D eigenvalue weighted by atomic mass is 10.0. The molecule has 0 unspecified atom stereocenters. The average molecular weight is 608 g/mol. The number of unbranched alkanes of at least 4 members (excludes halogenated alkanes) is 20. The number of carbonyl (C=O) groups is 2. The van der Waals surface area contributed by atoms with Crippen LogP contribution in [0.5, 0.6) is 0 Å². The van der Waals surface area contributed by atoms with Gasteiger partial charge in [-0.1, -0.05) is 143 Å². The highest BCUT2D eigenvalue weighted by molar-refractivity contribution is 5.73. The van der Waals surface area contributed by atoms with Crippen molar-refractivity contribution in [3.8, 4) is 0 Å². The Labute approximate surface area is 268 Å². The normalized spacial score (nSPS) is 11.5. The smallest absolute Gasteiger partial charge is 0.306 e. The van der Waals surface area contributed by atoms with E-state index in [0.717, 1.165) is 64.3 Å². The van der Waals surface area contributed by atoms with Crippen molar-refractivity contribution in [3.05, 3.63) is 0 Å². The molecule has 0 N–H and O–H groups in total. The van der Waals surface area contributed by atoms with Crippen molar-refractivity contribution in [2.45, 2.75) is 213 Å². The van der Waals surface area contributed by atoms with Gasteiger partial charge in [-0.15, -0.1) is 0 Å². The summed E-state index contributed by atoms with van der Waals surface area (Å²) in [6.07, 6.45) is 35.0. The lowest BCUT2D eigenvalue weighted by Crippen LogP contribution is -2.18. The summed E-state index contributed by atoms with van der Waals surface area (Å²) in [6.45, 7) is 8.12. The Morgan fingerprint density at radius 3 is 1.56 bits per heavy atom. The van der Waals surface area contributed by atoms with Gasteiger partial charge < -0.3 is 9.47 Å². The lowest BCUT2D eigenvalue weighted by Gasteiger charge is -2.18. The van der Waals surface area contributed by atoms with E-state index >= 15 is 0 Å². The molecule has 0 rings (SSSR count). The fraction of sp³-hybridized carbons (Fsp3) is 0.921. The molecule has 0 fully saturated rings. The molecule has 0 aliphatic carbocycles. The molecule has 0 aromatic heterocycles. The second-order valence-corrected chi connectivity index (χ2v) is 12.7. The zero-order chi connectivity index (χ0) is 31.5. The van der Waals surface area contributed by atoms with Gasteiger partial charge in [0.25, 0.3) is 0 Å². The number of nitrogens with zero attached hydrogens (tertiary/aromatic N) is 1. The summed E-state index contributed by atoms with van der Waals surface area (Å²) in [5.74, 6) is -0.0976. The first-order valence-corrected chi connectivity index (χ1v) is 19.0. The maximum atomic E-state index is 12.5. The van der Waals surface area contributed by atoms with Gasteiger partial charge in [-0.2, -0.15) is 0 Å². The zero-order valence-corrected chi connectivity index (χ0v) is 29.2. The highest BCUT2D eigenvalue weighted by Gasteiger charge is 2.14. The number of carbonyl (C=O) groups excluding carboxylic acids is 2. The minimum atomic E-state index is -0.105. The van der Waals surface area contributed by atoms with Gasteiger partial charge in [-0.3, -0.25) is 14.6 Å². The van der Waals surface area contributed by atoms with Gasteiger partial charge in [0.15, 0.2) is 0 Å². The number of hydrogen-bond donors (Lipinski definition) is 0. The predicted molar refractivity (Wildman–Crippen MR) is 185 cm³/mol. The minimum absolute atomic E-state index is 0.00695. The first kappa shape index (κ1) is 41.6. The Kier molecular flexibility index (Phi) is 34.0. The molecule has 0 aromatic carbocycles. The highest BCUT2D eigenvalue weighted by atomic mass is 16.5. The van der Waals surface area contributed by atoms with Crippen LogP contribution in [-0.2, 0) is 19.1 Å². The summed E-state index contributed by atoms with van der Waals surface area (Å²) in [4.78, 5) is 28.8. The van der Waals surface area contributed by atoms with Crippen LogP contribution in [0, 0.1) is 0 Å². The molecule has 0 bridgehead atoms. The van der Waals surface area contributed by atoms with Crippen LogP contribution in [0.1, 0.15) is 207 Å². The fourth-order valence-corrected chi connectivity index (χ4v) is 5.50. The van der Waals surface area contributed by atoms with Crippen molar-refractivity contribution >= 4 is 18.2 Å². The van der Waals surface area contributed by atoms with Crippen molar-refractivity contribution in [1.29, 1.82) is 0 Å². The molecule has 5 nitrogen and oxygen atoms in total. The van der Waals surface area contributed by atoms with Crippen LogP contribution in [0.15, 0.2) is 4.99 Å². The minimum Gasteiger partial charge on any atom is -0.466 e. The zero-order valence-electron chi connectivity index (χ0n) is 29.2. The second kappa shape index (κ2) is 35.1. The summed E-state index contributed by atoms with van der Waals surface area (Å²) >= 11 is 0. The van der Waals surface area contributed by atoms with Gasteiger partial charge in [0.05, 0.1) is 13.0 Å². The van der Waals surface area contributed by atoms with E-state index < -0.39 is 0 Å². The molecule has 43 heavy (non-hydrogen) atoms. The molecule has 0 aromatic rings. The van der Waals surface area contributed by atoms with Crippen LogP contribution >= 0.6 is 0 Å². The van der Waals surface area contributed by atoms with E-state index in [9.17, 15) is 9.59 Å². The van der Waals surface area contributed by atoms with Crippen LogP contribution in [0.2, 0.25) is 0 Å². The van der Waals surface area contributed by atoms with Crippen LogP contribution in [0.4, 0.5) is 0 Å². The van der Waals surface area contributed by atoms with Crippen molar-refractivity contribution in [1.82, 2.24) is 0 Å². The molecular weight excluding hydrogens is 534 g/mol. The maximum absolute atomic E-state index is 12.5. The number of rotatable bonds is 34. The maximum Gasteiger partial charge on any atom is 0.306 e. The van der Waals surface area contributed by atoms with Gasteiger partial charge in [0, 0.05) is 13.0 Å². The molecule has 0 aliphatic heterocycles. The van der Waals surface area contributed by atoms with Crippen molar-refractivity contribution in [2.75, 3.05) is 13.2 Å². The van der Waals surface area contributed by atoms with Gasteiger partial charge in [0.1, 0.15) is 6.10 Å². The molecule has 0 saturated carbocycles. The van der Waals surface area contributed by atoms with Gasteiger partial charge in [0.2, 0.25) is 0 Å². The van der Waals surface area contributed by atoms with E-state index in [-0.39, 0.29) is 18.0 Å². The first-order valence-electron chi connectivity index (χ1n) is 19.0. The Bertz CT molecular complexity index is 605. The Hall–Kier alpha value is -1.39. The van der Waals surface area contributed by atoms with E-state index in [1.807, 2.05) is 6.21 Å². The Morgan fingerprint density at radius 2 is 1.00 bits per heavy atom. The Morgan fingerprint density at radius 1 is 0.535 bits per heavy atom. The van der Waals surface area contributed by atoms with Gasteiger partial charge >= 0.3 is 11.9 Å². The molecular formula is C38H73NO4. The van der Waals surface area contributed by atoms with Crippen molar-refractivity contribution < 1.29 is 19.1 Å². The summed E-state index contributed by atoms with van der Waals surface area (Å²) in [6, 6.07) is 0. The molecule has 0 radical (unpaired) electrons. The monoisotopic (exact) mass is 608 g/mol. The van der Waals surface area contributed by atoms with E-state index in [1.54, 1.807) is 0 Å². The average Bonchev–Trinajstić information content (AvgIpc) is 3.00. The third-order valence-corrected chi connectivity index (χ3v) is 8.34. The molecule has 0 spiro atoms. The van der Waals surface area contributed by atoms with E-state index in [1.165, 1.54) is 109 Å².